The number of anilines is 1. The highest BCUT2D eigenvalue weighted by Crippen LogP contribution is 2.11. The average Bonchev–Trinajstić information content (AvgIpc) is 2.50. The Balaban J connectivity index is 2.38. The molecule has 4 N–H and O–H groups in total. The first kappa shape index (κ1) is 18.5. The van der Waals surface area contributed by atoms with Crippen LogP contribution in [0.4, 0.5) is 10.5 Å². The van der Waals surface area contributed by atoms with Crippen molar-refractivity contribution in [3.63, 3.8) is 0 Å². The van der Waals surface area contributed by atoms with Crippen LogP contribution >= 0.6 is 0 Å². The lowest BCUT2D eigenvalue weighted by Gasteiger charge is -2.14. The SMILES string of the molecule is CC(C)[C@H](C)C(=O)OCCOC(=O)N=C(N)c1ccc(N)cc1. The fourth-order valence-electron chi connectivity index (χ4n) is 1.52. The molecule has 0 unspecified atom stereocenters. The molecule has 0 aliphatic heterocycles. The highest BCUT2D eigenvalue weighted by atomic mass is 16.6. The number of nitrogens with zero attached hydrogens (tertiary/aromatic N) is 1. The summed E-state index contributed by atoms with van der Waals surface area (Å²) in [5.74, 6) is -0.305. The van der Waals surface area contributed by atoms with E-state index in [0.717, 1.165) is 0 Å². The molecule has 0 spiro atoms. The Morgan fingerprint density at radius 2 is 1.65 bits per heavy atom. The van der Waals surface area contributed by atoms with Gasteiger partial charge >= 0.3 is 12.1 Å². The van der Waals surface area contributed by atoms with E-state index < -0.39 is 6.09 Å². The van der Waals surface area contributed by atoms with Crippen molar-refractivity contribution in [3.8, 4) is 0 Å². The van der Waals surface area contributed by atoms with Crippen LogP contribution in [0.3, 0.4) is 0 Å². The highest BCUT2D eigenvalue weighted by molar-refractivity contribution is 6.02. The van der Waals surface area contributed by atoms with Crippen LogP contribution in [0.2, 0.25) is 0 Å². The third-order valence-electron chi connectivity index (χ3n) is 3.34. The van der Waals surface area contributed by atoms with Gasteiger partial charge in [-0.2, -0.15) is 4.99 Å². The fraction of sp³-hybridized carbons (Fsp3) is 0.438. The van der Waals surface area contributed by atoms with E-state index >= 15 is 0 Å². The van der Waals surface area contributed by atoms with Gasteiger partial charge < -0.3 is 20.9 Å². The number of nitrogen functional groups attached to an aromatic ring is 1. The summed E-state index contributed by atoms with van der Waals surface area (Å²) >= 11 is 0. The smallest absolute Gasteiger partial charge is 0.435 e. The van der Waals surface area contributed by atoms with Crippen LogP contribution in [0.1, 0.15) is 26.3 Å². The first-order valence-electron chi connectivity index (χ1n) is 7.34. The molecule has 0 heterocycles. The van der Waals surface area contributed by atoms with Crippen LogP contribution in [0, 0.1) is 11.8 Å². The molecule has 0 saturated heterocycles. The zero-order chi connectivity index (χ0) is 17.4. The molecule has 1 atom stereocenters. The first-order valence-corrected chi connectivity index (χ1v) is 7.34. The van der Waals surface area contributed by atoms with Gasteiger partial charge in [-0.05, 0) is 30.2 Å². The minimum atomic E-state index is -0.840. The number of hydrogen-bond donors (Lipinski definition) is 2. The maximum Gasteiger partial charge on any atom is 0.435 e. The molecule has 1 rings (SSSR count). The summed E-state index contributed by atoms with van der Waals surface area (Å²) in [6.07, 6.45) is -0.840. The van der Waals surface area contributed by atoms with Gasteiger partial charge in [-0.1, -0.05) is 20.8 Å². The Morgan fingerprint density at radius 3 is 2.22 bits per heavy atom. The number of ether oxygens (including phenoxy) is 2. The van der Waals surface area contributed by atoms with Gasteiger partial charge in [0.15, 0.2) is 0 Å². The van der Waals surface area contributed by atoms with Crippen molar-refractivity contribution in [2.24, 2.45) is 22.6 Å². The molecule has 7 heteroatoms. The van der Waals surface area contributed by atoms with Gasteiger partial charge in [0, 0.05) is 11.3 Å². The molecule has 23 heavy (non-hydrogen) atoms. The molecule has 1 aromatic rings. The first-order chi connectivity index (χ1) is 10.8. The maximum absolute atomic E-state index is 11.6. The van der Waals surface area contributed by atoms with Crippen LogP contribution in [-0.4, -0.2) is 31.1 Å². The summed E-state index contributed by atoms with van der Waals surface area (Å²) in [6, 6.07) is 6.60. The van der Waals surface area contributed by atoms with Gasteiger partial charge in [0.05, 0.1) is 5.92 Å². The van der Waals surface area contributed by atoms with Crippen LogP contribution in [0.15, 0.2) is 29.3 Å². The van der Waals surface area contributed by atoms with Crippen molar-refractivity contribution < 1.29 is 19.1 Å². The number of amidine groups is 1. The largest absolute Gasteiger partial charge is 0.462 e. The number of carbonyl (C=O) groups is 2. The Bertz CT molecular complexity index is 567. The lowest BCUT2D eigenvalue weighted by molar-refractivity contribution is -0.150. The van der Waals surface area contributed by atoms with Crippen LogP contribution in [0.25, 0.3) is 0 Å². The lowest BCUT2D eigenvalue weighted by Crippen LogP contribution is -2.22. The average molecular weight is 321 g/mol. The van der Waals surface area contributed by atoms with Gasteiger partial charge in [-0.15, -0.1) is 0 Å². The Morgan fingerprint density at radius 1 is 1.09 bits per heavy atom. The van der Waals surface area contributed by atoms with Crippen LogP contribution in [-0.2, 0) is 14.3 Å². The normalized spacial score (nSPS) is 12.8. The minimum Gasteiger partial charge on any atom is -0.462 e. The zero-order valence-electron chi connectivity index (χ0n) is 13.6. The van der Waals surface area contributed by atoms with E-state index in [1.807, 2.05) is 13.8 Å². The molecule has 7 nitrogen and oxygen atoms in total. The molecule has 0 aliphatic carbocycles. The topological polar surface area (TPSA) is 117 Å². The monoisotopic (exact) mass is 321 g/mol. The number of carbonyl (C=O) groups excluding carboxylic acids is 2. The van der Waals surface area contributed by atoms with Crippen molar-refractivity contribution in [1.29, 1.82) is 0 Å². The van der Waals surface area contributed by atoms with E-state index in [4.69, 9.17) is 20.9 Å². The highest BCUT2D eigenvalue weighted by Gasteiger charge is 2.17. The zero-order valence-corrected chi connectivity index (χ0v) is 13.6. The summed E-state index contributed by atoms with van der Waals surface area (Å²) in [5.41, 5.74) is 12.4. The summed E-state index contributed by atoms with van der Waals surface area (Å²) in [7, 11) is 0. The number of hydrogen-bond acceptors (Lipinski definition) is 5. The van der Waals surface area contributed by atoms with E-state index in [1.54, 1.807) is 31.2 Å². The van der Waals surface area contributed by atoms with Gasteiger partial charge in [0.1, 0.15) is 19.0 Å². The van der Waals surface area contributed by atoms with Crippen molar-refractivity contribution in [2.75, 3.05) is 18.9 Å². The molecule has 1 aromatic carbocycles. The summed E-state index contributed by atoms with van der Waals surface area (Å²) in [5, 5.41) is 0. The number of benzene rings is 1. The van der Waals surface area contributed by atoms with E-state index in [0.29, 0.717) is 11.3 Å². The van der Waals surface area contributed by atoms with Crippen LogP contribution in [0.5, 0.6) is 0 Å². The number of nitrogens with two attached hydrogens (primary N) is 2. The van der Waals surface area contributed by atoms with Gasteiger partial charge in [0.2, 0.25) is 0 Å². The molecule has 0 saturated carbocycles. The second-order valence-corrected chi connectivity index (χ2v) is 5.43. The molecule has 0 aromatic heterocycles. The number of aliphatic imine (C=N–C) groups is 1. The molecule has 126 valence electrons. The Labute approximate surface area is 135 Å². The third-order valence-corrected chi connectivity index (χ3v) is 3.34. The van der Waals surface area contributed by atoms with E-state index in [-0.39, 0.29) is 36.9 Å². The Hall–Kier alpha value is -2.57. The fourth-order valence-corrected chi connectivity index (χ4v) is 1.52. The van der Waals surface area contributed by atoms with Gasteiger partial charge in [0.25, 0.3) is 0 Å². The number of rotatable bonds is 6. The maximum atomic E-state index is 11.6. The van der Waals surface area contributed by atoms with Gasteiger partial charge in [-0.3, -0.25) is 4.79 Å². The van der Waals surface area contributed by atoms with E-state index in [9.17, 15) is 9.59 Å². The second kappa shape index (κ2) is 8.77. The second-order valence-electron chi connectivity index (χ2n) is 5.43. The molecule has 0 radical (unpaired) electrons. The predicted molar refractivity (Wildman–Crippen MR) is 87.9 cm³/mol. The van der Waals surface area contributed by atoms with Crippen molar-refractivity contribution in [2.45, 2.75) is 20.8 Å². The summed E-state index contributed by atoms with van der Waals surface area (Å²) in [6.45, 7) is 5.56. The van der Waals surface area contributed by atoms with Crippen molar-refractivity contribution >= 4 is 23.6 Å². The van der Waals surface area contributed by atoms with Crippen molar-refractivity contribution in [3.05, 3.63) is 29.8 Å². The molecule has 0 bridgehead atoms. The molecule has 0 aliphatic rings. The summed E-state index contributed by atoms with van der Waals surface area (Å²) in [4.78, 5) is 26.7. The van der Waals surface area contributed by atoms with Gasteiger partial charge in [-0.25, -0.2) is 4.79 Å². The quantitative estimate of drug-likeness (QED) is 0.272. The molecular weight excluding hydrogens is 298 g/mol. The lowest BCUT2D eigenvalue weighted by atomic mass is 9.99. The van der Waals surface area contributed by atoms with E-state index in [2.05, 4.69) is 4.99 Å². The predicted octanol–water partition coefficient (Wildman–Crippen LogP) is 1.95. The standard InChI is InChI=1S/C16H23N3O4/c1-10(2)11(3)15(20)22-8-9-23-16(21)19-14(18)12-4-6-13(17)7-5-12/h4-7,10-11H,8-9,17H2,1-3H3,(H2,18,19,21)/t11-/m0/s1. The molecular formula is C16H23N3O4. The number of amides is 1. The molecule has 1 amide bonds. The Kier molecular flexibility index (Phi) is 7.05. The van der Waals surface area contributed by atoms with E-state index in [1.165, 1.54) is 0 Å². The minimum absolute atomic E-state index is 0.0150. The molecule has 0 fully saturated rings. The number of esters is 1. The van der Waals surface area contributed by atoms with Crippen molar-refractivity contribution in [1.82, 2.24) is 0 Å². The van der Waals surface area contributed by atoms with Crippen LogP contribution < -0.4 is 11.5 Å². The summed E-state index contributed by atoms with van der Waals surface area (Å²) < 4.78 is 9.85. The third kappa shape index (κ3) is 6.37.